The van der Waals surface area contributed by atoms with E-state index in [2.05, 4.69) is 20.5 Å². The average Bonchev–Trinajstić information content (AvgIpc) is 3.16. The minimum Gasteiger partial charge on any atom is -0.358 e. The molecule has 1 N–H and O–H groups in total. The van der Waals surface area contributed by atoms with Gasteiger partial charge in [-0.3, -0.25) is 10.1 Å². The van der Waals surface area contributed by atoms with Crippen molar-refractivity contribution in [3.05, 3.63) is 62.6 Å². The van der Waals surface area contributed by atoms with Gasteiger partial charge in [0.15, 0.2) is 5.02 Å². The number of nitrogens with one attached hydrogen (secondary N) is 1. The summed E-state index contributed by atoms with van der Waals surface area (Å²) in [7, 11) is 0. The number of carbonyl (C=O) groups is 1. The number of anilines is 1. The fraction of sp³-hybridized carbons (Fsp3) is 0.250. The summed E-state index contributed by atoms with van der Waals surface area (Å²) in [5.41, 5.74) is 2.55. The van der Waals surface area contributed by atoms with Gasteiger partial charge in [0.05, 0.1) is 17.3 Å². The maximum absolute atomic E-state index is 12.2. The van der Waals surface area contributed by atoms with Gasteiger partial charge in [-0.15, -0.1) is 5.10 Å². The Labute approximate surface area is 158 Å². The number of carbonyl (C=O) groups excluding carboxylic acids is 1. The van der Waals surface area contributed by atoms with Gasteiger partial charge in [0.25, 0.3) is 5.91 Å². The Bertz CT molecular complexity index is 1010. The lowest BCUT2D eigenvalue weighted by molar-refractivity contribution is -0.389. The standard InChI is InChI=1S/C16H16ClN7O3/c1-10-5-3-4-6-12(10)7-22-9-18-16(21-22)19-13(25)8-23-11(2)14(17)15(20-23)24(26)27/h3-6,9H,7-8H2,1-2H3,(H,19,21,25). The van der Waals surface area contributed by atoms with Crippen LogP contribution in [0.3, 0.4) is 0 Å². The number of benzene rings is 1. The van der Waals surface area contributed by atoms with E-state index in [4.69, 9.17) is 11.6 Å². The normalized spacial score (nSPS) is 10.8. The largest absolute Gasteiger partial charge is 0.408 e. The number of aryl methyl sites for hydroxylation is 1. The van der Waals surface area contributed by atoms with Gasteiger partial charge in [-0.2, -0.15) is 4.68 Å². The van der Waals surface area contributed by atoms with Crippen molar-refractivity contribution < 1.29 is 9.72 Å². The molecule has 3 rings (SSSR count). The maximum Gasteiger partial charge on any atom is 0.408 e. The molecule has 11 heteroatoms. The molecule has 0 spiro atoms. The van der Waals surface area contributed by atoms with Crippen molar-refractivity contribution in [1.29, 1.82) is 0 Å². The van der Waals surface area contributed by atoms with Gasteiger partial charge in [-0.05, 0) is 29.9 Å². The second kappa shape index (κ2) is 7.54. The van der Waals surface area contributed by atoms with Crippen LogP contribution in [0, 0.1) is 24.0 Å². The first-order chi connectivity index (χ1) is 12.8. The predicted octanol–water partition coefficient (Wildman–Crippen LogP) is 2.34. The molecule has 0 bridgehead atoms. The van der Waals surface area contributed by atoms with Crippen molar-refractivity contribution in [2.75, 3.05) is 5.32 Å². The zero-order valence-electron chi connectivity index (χ0n) is 14.6. The molecule has 0 unspecified atom stereocenters. The van der Waals surface area contributed by atoms with E-state index in [1.807, 2.05) is 31.2 Å². The average molecular weight is 390 g/mol. The monoisotopic (exact) mass is 389 g/mol. The highest BCUT2D eigenvalue weighted by atomic mass is 35.5. The third kappa shape index (κ3) is 4.11. The van der Waals surface area contributed by atoms with Crippen LogP contribution < -0.4 is 5.32 Å². The fourth-order valence-corrected chi connectivity index (χ4v) is 2.67. The highest BCUT2D eigenvalue weighted by molar-refractivity contribution is 6.33. The maximum atomic E-state index is 12.2. The Morgan fingerprint density at radius 3 is 2.70 bits per heavy atom. The van der Waals surface area contributed by atoms with E-state index in [0.29, 0.717) is 12.2 Å². The third-order valence-electron chi connectivity index (χ3n) is 3.96. The number of halogens is 1. The van der Waals surface area contributed by atoms with Crippen LogP contribution in [0.25, 0.3) is 0 Å². The molecule has 2 aromatic heterocycles. The summed E-state index contributed by atoms with van der Waals surface area (Å²) in [6, 6.07) is 7.90. The van der Waals surface area contributed by atoms with Crippen molar-refractivity contribution in [2.24, 2.45) is 0 Å². The number of rotatable bonds is 6. The number of hydrogen-bond donors (Lipinski definition) is 1. The van der Waals surface area contributed by atoms with Gasteiger partial charge in [-0.1, -0.05) is 35.9 Å². The lowest BCUT2D eigenvalue weighted by atomic mass is 10.1. The molecule has 0 saturated carbocycles. The second-order valence-corrected chi connectivity index (χ2v) is 6.26. The van der Waals surface area contributed by atoms with Gasteiger partial charge in [0, 0.05) is 0 Å². The summed E-state index contributed by atoms with van der Waals surface area (Å²) in [5.74, 6) is -0.817. The number of nitrogens with zero attached hydrogens (tertiary/aromatic N) is 6. The summed E-state index contributed by atoms with van der Waals surface area (Å²) in [6.45, 7) is 3.83. The van der Waals surface area contributed by atoms with E-state index in [-0.39, 0.29) is 17.5 Å². The third-order valence-corrected chi connectivity index (χ3v) is 4.41. The molecule has 10 nitrogen and oxygen atoms in total. The Kier molecular flexibility index (Phi) is 5.17. The van der Waals surface area contributed by atoms with Crippen LogP contribution in [-0.2, 0) is 17.9 Å². The molecule has 27 heavy (non-hydrogen) atoms. The number of nitro groups is 1. The predicted molar refractivity (Wildman–Crippen MR) is 97.6 cm³/mol. The van der Waals surface area contributed by atoms with E-state index in [0.717, 1.165) is 11.1 Å². The molecule has 2 heterocycles. The van der Waals surface area contributed by atoms with Crippen LogP contribution in [0.2, 0.25) is 5.02 Å². The van der Waals surface area contributed by atoms with Crippen LogP contribution in [0.15, 0.2) is 30.6 Å². The minimum absolute atomic E-state index is 0.0894. The van der Waals surface area contributed by atoms with Crippen molar-refractivity contribution in [3.63, 3.8) is 0 Å². The number of hydrogen-bond acceptors (Lipinski definition) is 6. The topological polar surface area (TPSA) is 121 Å². The van der Waals surface area contributed by atoms with Crippen LogP contribution in [0.4, 0.5) is 11.8 Å². The molecular formula is C16H16ClN7O3. The van der Waals surface area contributed by atoms with E-state index in [1.165, 1.54) is 11.0 Å². The van der Waals surface area contributed by atoms with Crippen LogP contribution in [0.1, 0.15) is 16.8 Å². The molecule has 0 aliphatic heterocycles. The smallest absolute Gasteiger partial charge is 0.358 e. The summed E-state index contributed by atoms with van der Waals surface area (Å²) in [4.78, 5) is 26.4. The summed E-state index contributed by atoms with van der Waals surface area (Å²) < 4.78 is 2.78. The Hall–Kier alpha value is -3.27. The molecule has 140 valence electrons. The zero-order valence-corrected chi connectivity index (χ0v) is 15.3. The van der Waals surface area contributed by atoms with Gasteiger partial charge < -0.3 is 10.1 Å². The number of amides is 1. The molecule has 3 aromatic rings. The van der Waals surface area contributed by atoms with Crippen molar-refractivity contribution >= 4 is 29.3 Å². The first-order valence-electron chi connectivity index (χ1n) is 7.96. The van der Waals surface area contributed by atoms with Gasteiger partial charge in [0.2, 0.25) is 5.95 Å². The quantitative estimate of drug-likeness (QED) is 0.510. The molecular weight excluding hydrogens is 374 g/mol. The summed E-state index contributed by atoms with van der Waals surface area (Å²) in [6.07, 6.45) is 1.52. The first kappa shape index (κ1) is 18.5. The van der Waals surface area contributed by atoms with Gasteiger partial charge in [-0.25, -0.2) is 9.67 Å². The molecule has 0 aliphatic rings. The zero-order chi connectivity index (χ0) is 19.6. The lowest BCUT2D eigenvalue weighted by Crippen LogP contribution is -2.21. The Morgan fingerprint density at radius 2 is 2.04 bits per heavy atom. The van der Waals surface area contributed by atoms with E-state index < -0.39 is 16.6 Å². The summed E-state index contributed by atoms with van der Waals surface area (Å²) in [5, 5.41) is 21.3. The molecule has 1 aromatic carbocycles. The van der Waals surface area contributed by atoms with Gasteiger partial charge in [0.1, 0.15) is 12.9 Å². The molecule has 0 radical (unpaired) electrons. The molecule has 0 saturated heterocycles. The second-order valence-electron chi connectivity index (χ2n) is 5.88. The highest BCUT2D eigenvalue weighted by Gasteiger charge is 2.25. The molecule has 0 atom stereocenters. The van der Waals surface area contributed by atoms with Crippen LogP contribution in [-0.4, -0.2) is 35.4 Å². The molecule has 1 amide bonds. The van der Waals surface area contributed by atoms with Crippen LogP contribution >= 0.6 is 11.6 Å². The van der Waals surface area contributed by atoms with E-state index in [9.17, 15) is 14.9 Å². The van der Waals surface area contributed by atoms with E-state index >= 15 is 0 Å². The van der Waals surface area contributed by atoms with Crippen LogP contribution in [0.5, 0.6) is 0 Å². The fourth-order valence-electron chi connectivity index (χ4n) is 2.47. The summed E-state index contributed by atoms with van der Waals surface area (Å²) >= 11 is 5.86. The van der Waals surface area contributed by atoms with Crippen molar-refractivity contribution in [1.82, 2.24) is 24.5 Å². The van der Waals surface area contributed by atoms with Gasteiger partial charge >= 0.3 is 5.82 Å². The SMILES string of the molecule is Cc1ccccc1Cn1cnc(NC(=O)Cn2nc([N+](=O)[O-])c(Cl)c2C)n1. The number of aromatic nitrogens is 5. The highest BCUT2D eigenvalue weighted by Crippen LogP contribution is 2.26. The Balaban J connectivity index is 1.66. The van der Waals surface area contributed by atoms with Crippen molar-refractivity contribution in [3.8, 4) is 0 Å². The first-order valence-corrected chi connectivity index (χ1v) is 8.34. The van der Waals surface area contributed by atoms with E-state index in [1.54, 1.807) is 11.6 Å². The van der Waals surface area contributed by atoms with Crippen molar-refractivity contribution in [2.45, 2.75) is 26.9 Å². The Morgan fingerprint density at radius 1 is 1.30 bits per heavy atom. The minimum atomic E-state index is -0.696. The molecule has 0 aliphatic carbocycles. The molecule has 0 fully saturated rings. The lowest BCUT2D eigenvalue weighted by Gasteiger charge is -2.04.